The van der Waals surface area contributed by atoms with Crippen molar-refractivity contribution in [3.05, 3.63) is 12.2 Å². The van der Waals surface area contributed by atoms with Gasteiger partial charge in [-0.15, -0.1) is 0 Å². The molecule has 0 heterocycles. The summed E-state index contributed by atoms with van der Waals surface area (Å²) in [7, 11) is 0. The van der Waals surface area contributed by atoms with Crippen LogP contribution < -0.4 is 0 Å². The largest absolute Gasteiger partial charge is 0.397 e. The van der Waals surface area contributed by atoms with Crippen LogP contribution in [-0.4, -0.2) is 6.18 Å². The van der Waals surface area contributed by atoms with Crippen LogP contribution in [0.5, 0.6) is 0 Å². The molecular weight excluding hydrogens is 153 g/mol. The SMILES string of the molecule is C=C(CC)C(C)(C)C(F)(F)F. The average Bonchev–Trinajstić information content (AvgIpc) is 1.83. The minimum Gasteiger partial charge on any atom is -0.170 e. The Morgan fingerprint density at radius 1 is 1.27 bits per heavy atom. The van der Waals surface area contributed by atoms with Gasteiger partial charge in [-0.2, -0.15) is 13.2 Å². The third kappa shape index (κ3) is 1.98. The van der Waals surface area contributed by atoms with Crippen molar-refractivity contribution in [2.75, 3.05) is 0 Å². The minimum absolute atomic E-state index is 0.227. The van der Waals surface area contributed by atoms with Crippen LogP contribution >= 0.6 is 0 Å². The first-order valence-corrected chi connectivity index (χ1v) is 3.48. The molecule has 0 spiro atoms. The molecule has 3 heteroatoms. The first-order valence-electron chi connectivity index (χ1n) is 3.48. The molecule has 0 aromatic rings. The highest BCUT2D eigenvalue weighted by Gasteiger charge is 2.48. The molecule has 0 saturated heterocycles. The summed E-state index contributed by atoms with van der Waals surface area (Å²) in [6, 6.07) is 0. The number of hydrogen-bond donors (Lipinski definition) is 0. The fourth-order valence-electron chi connectivity index (χ4n) is 0.642. The van der Waals surface area contributed by atoms with E-state index in [0.717, 1.165) is 13.8 Å². The van der Waals surface area contributed by atoms with Crippen molar-refractivity contribution in [3.63, 3.8) is 0 Å². The van der Waals surface area contributed by atoms with E-state index >= 15 is 0 Å². The average molecular weight is 166 g/mol. The fourth-order valence-corrected chi connectivity index (χ4v) is 0.642. The van der Waals surface area contributed by atoms with Crippen LogP contribution in [0.2, 0.25) is 0 Å². The van der Waals surface area contributed by atoms with Crippen LogP contribution in [0.1, 0.15) is 27.2 Å². The monoisotopic (exact) mass is 166 g/mol. The Balaban J connectivity index is 4.59. The number of hydrogen-bond acceptors (Lipinski definition) is 0. The molecule has 0 aliphatic carbocycles. The second-order valence-corrected chi connectivity index (χ2v) is 3.08. The van der Waals surface area contributed by atoms with Crippen LogP contribution in [0.3, 0.4) is 0 Å². The van der Waals surface area contributed by atoms with E-state index in [1.165, 1.54) is 0 Å². The summed E-state index contributed by atoms with van der Waals surface area (Å²) in [6.45, 7) is 7.37. The first-order chi connectivity index (χ1) is 4.73. The van der Waals surface area contributed by atoms with Gasteiger partial charge in [0, 0.05) is 0 Å². The Morgan fingerprint density at radius 3 is 1.73 bits per heavy atom. The molecule has 0 aliphatic heterocycles. The second kappa shape index (κ2) is 2.88. The molecule has 66 valence electrons. The lowest BCUT2D eigenvalue weighted by Crippen LogP contribution is -2.33. The van der Waals surface area contributed by atoms with E-state index in [1.807, 2.05) is 0 Å². The quantitative estimate of drug-likeness (QED) is 0.550. The van der Waals surface area contributed by atoms with Crippen LogP contribution in [0.15, 0.2) is 12.2 Å². The molecule has 0 aromatic carbocycles. The van der Waals surface area contributed by atoms with Gasteiger partial charge in [-0.25, -0.2) is 0 Å². The van der Waals surface area contributed by atoms with Crippen molar-refractivity contribution in [1.29, 1.82) is 0 Å². The summed E-state index contributed by atoms with van der Waals surface area (Å²) in [6.07, 6.45) is -3.81. The maximum absolute atomic E-state index is 12.2. The van der Waals surface area contributed by atoms with Gasteiger partial charge in [0.25, 0.3) is 0 Å². The van der Waals surface area contributed by atoms with Gasteiger partial charge < -0.3 is 0 Å². The van der Waals surface area contributed by atoms with Crippen molar-refractivity contribution < 1.29 is 13.2 Å². The lowest BCUT2D eigenvalue weighted by Gasteiger charge is -2.29. The van der Waals surface area contributed by atoms with Crippen LogP contribution in [0.4, 0.5) is 13.2 Å². The number of halogens is 3. The van der Waals surface area contributed by atoms with E-state index in [9.17, 15) is 13.2 Å². The molecule has 0 aromatic heterocycles. The maximum Gasteiger partial charge on any atom is 0.397 e. The Labute approximate surface area is 65.1 Å². The van der Waals surface area contributed by atoms with Crippen LogP contribution in [-0.2, 0) is 0 Å². The highest BCUT2D eigenvalue weighted by Crippen LogP contribution is 2.43. The predicted octanol–water partition coefficient (Wildman–Crippen LogP) is 3.54. The smallest absolute Gasteiger partial charge is 0.170 e. The molecule has 0 saturated carbocycles. The molecule has 0 atom stereocenters. The Kier molecular flexibility index (Phi) is 2.75. The van der Waals surface area contributed by atoms with Gasteiger partial charge in [0.15, 0.2) is 0 Å². The Hall–Kier alpha value is -0.470. The summed E-state index contributed by atoms with van der Waals surface area (Å²) < 4.78 is 36.6. The molecular formula is C8H13F3. The van der Waals surface area contributed by atoms with E-state index in [1.54, 1.807) is 6.92 Å². The molecule has 0 amide bonds. The zero-order valence-corrected chi connectivity index (χ0v) is 7.05. The molecule has 0 fully saturated rings. The number of alkyl halides is 3. The molecule has 0 unspecified atom stereocenters. The van der Waals surface area contributed by atoms with Crippen molar-refractivity contribution in [2.24, 2.45) is 5.41 Å². The lowest BCUT2D eigenvalue weighted by atomic mass is 9.83. The van der Waals surface area contributed by atoms with Gasteiger partial charge >= 0.3 is 6.18 Å². The molecule has 0 bridgehead atoms. The normalized spacial score (nSPS) is 13.3. The highest BCUT2D eigenvalue weighted by molar-refractivity contribution is 5.09. The van der Waals surface area contributed by atoms with E-state index in [4.69, 9.17) is 0 Å². The van der Waals surface area contributed by atoms with E-state index in [-0.39, 0.29) is 5.57 Å². The molecule has 0 nitrogen and oxygen atoms in total. The summed E-state index contributed by atoms with van der Waals surface area (Å²) in [4.78, 5) is 0. The van der Waals surface area contributed by atoms with Gasteiger partial charge in [-0.3, -0.25) is 0 Å². The number of allylic oxidation sites excluding steroid dienone is 1. The molecule has 11 heavy (non-hydrogen) atoms. The van der Waals surface area contributed by atoms with Crippen LogP contribution in [0, 0.1) is 5.41 Å². The lowest BCUT2D eigenvalue weighted by molar-refractivity contribution is -0.198. The first kappa shape index (κ1) is 10.5. The van der Waals surface area contributed by atoms with Crippen molar-refractivity contribution in [3.8, 4) is 0 Å². The Morgan fingerprint density at radius 2 is 1.64 bits per heavy atom. The summed E-state index contributed by atoms with van der Waals surface area (Å²) in [5.74, 6) is 0. The molecule has 0 aliphatic rings. The highest BCUT2D eigenvalue weighted by atomic mass is 19.4. The van der Waals surface area contributed by atoms with E-state index < -0.39 is 11.6 Å². The topological polar surface area (TPSA) is 0 Å². The van der Waals surface area contributed by atoms with E-state index in [2.05, 4.69) is 6.58 Å². The summed E-state index contributed by atoms with van der Waals surface area (Å²) in [5.41, 5.74) is -1.52. The maximum atomic E-state index is 12.2. The Bertz CT molecular complexity index is 153. The van der Waals surface area contributed by atoms with Gasteiger partial charge in [0.2, 0.25) is 0 Å². The van der Waals surface area contributed by atoms with Gasteiger partial charge in [0.05, 0.1) is 5.41 Å². The van der Waals surface area contributed by atoms with Crippen molar-refractivity contribution in [1.82, 2.24) is 0 Å². The number of rotatable bonds is 2. The van der Waals surface area contributed by atoms with Crippen LogP contribution in [0.25, 0.3) is 0 Å². The van der Waals surface area contributed by atoms with Crippen molar-refractivity contribution in [2.45, 2.75) is 33.4 Å². The molecule has 0 N–H and O–H groups in total. The van der Waals surface area contributed by atoms with Crippen molar-refractivity contribution >= 4 is 0 Å². The fraction of sp³-hybridized carbons (Fsp3) is 0.750. The minimum atomic E-state index is -4.18. The molecule has 0 rings (SSSR count). The van der Waals surface area contributed by atoms with E-state index in [0.29, 0.717) is 6.42 Å². The predicted molar refractivity (Wildman–Crippen MR) is 39.3 cm³/mol. The van der Waals surface area contributed by atoms with Gasteiger partial charge in [0.1, 0.15) is 0 Å². The zero-order valence-electron chi connectivity index (χ0n) is 7.05. The second-order valence-electron chi connectivity index (χ2n) is 3.08. The summed E-state index contributed by atoms with van der Waals surface area (Å²) >= 11 is 0. The summed E-state index contributed by atoms with van der Waals surface area (Å²) in [5, 5.41) is 0. The van der Waals surface area contributed by atoms with Gasteiger partial charge in [-0.05, 0) is 20.3 Å². The van der Waals surface area contributed by atoms with Gasteiger partial charge in [-0.1, -0.05) is 19.1 Å². The standard InChI is InChI=1S/C8H13F3/c1-5-6(2)7(3,4)8(9,10)11/h2,5H2,1,3-4H3. The molecule has 0 radical (unpaired) electrons. The third-order valence-corrected chi connectivity index (χ3v) is 2.02. The zero-order chi connectivity index (χ0) is 9.28. The third-order valence-electron chi connectivity index (χ3n) is 2.02.